The van der Waals surface area contributed by atoms with Crippen molar-refractivity contribution < 1.29 is 28.1 Å². The van der Waals surface area contributed by atoms with Crippen LogP contribution in [-0.2, 0) is 6.61 Å². The molecule has 5 aromatic rings. The minimum atomic E-state index is -0.656. The molecular formula is C33H21Cl2FN2O5S. The van der Waals surface area contributed by atoms with Gasteiger partial charge < -0.3 is 24.7 Å². The molecule has 0 radical (unpaired) electrons. The van der Waals surface area contributed by atoms with Crippen molar-refractivity contribution in [3.05, 3.63) is 128 Å². The lowest BCUT2D eigenvalue weighted by atomic mass is 9.83. The third kappa shape index (κ3) is 5.40. The molecule has 2 heterocycles. The summed E-state index contributed by atoms with van der Waals surface area (Å²) in [5.41, 5.74) is 8.06. The molecule has 0 fully saturated rings. The lowest BCUT2D eigenvalue weighted by molar-refractivity contribution is 0.0740. The molecule has 44 heavy (non-hydrogen) atoms. The van der Waals surface area contributed by atoms with E-state index in [4.69, 9.17) is 47.9 Å². The van der Waals surface area contributed by atoms with Crippen molar-refractivity contribution in [1.82, 2.24) is 0 Å². The number of halogens is 3. The number of nitrogens with two attached hydrogens (primary N) is 1. The summed E-state index contributed by atoms with van der Waals surface area (Å²) in [6, 6.07) is 23.8. The molecular weight excluding hydrogens is 626 g/mol. The Kier molecular flexibility index (Phi) is 8.06. The van der Waals surface area contributed by atoms with Crippen LogP contribution in [0.2, 0.25) is 10.0 Å². The molecule has 0 saturated heterocycles. The number of methoxy groups -OCH3 is 1. The van der Waals surface area contributed by atoms with Gasteiger partial charge in [0, 0.05) is 27.3 Å². The quantitative estimate of drug-likeness (QED) is 0.140. The van der Waals surface area contributed by atoms with Crippen molar-refractivity contribution in [2.45, 2.75) is 12.5 Å². The standard InChI is InChI=1S/C33H21Cl2FN2O5S/c1-40-26-13-17(9-12-24(26)41-16-18-5-2-3-7-23(18)36)28-20-11-10-19(14-25(20)43-32(38)21(28)15-37)42-33(39)31-30(35)29-22(34)6-4-8-27(29)44-31/h2-14,28H,16,38H2,1H3. The van der Waals surface area contributed by atoms with Gasteiger partial charge >= 0.3 is 5.97 Å². The van der Waals surface area contributed by atoms with Gasteiger partial charge in [-0.05, 0) is 42.0 Å². The molecule has 0 saturated carbocycles. The Morgan fingerprint density at radius 3 is 2.64 bits per heavy atom. The first-order valence-corrected chi connectivity index (χ1v) is 14.7. The van der Waals surface area contributed by atoms with E-state index in [1.807, 2.05) is 6.07 Å². The van der Waals surface area contributed by atoms with Crippen LogP contribution in [0.3, 0.4) is 0 Å². The summed E-state index contributed by atoms with van der Waals surface area (Å²) in [7, 11) is 1.49. The van der Waals surface area contributed by atoms with E-state index in [1.165, 1.54) is 30.6 Å². The summed E-state index contributed by atoms with van der Waals surface area (Å²) < 4.78 is 37.7. The molecule has 0 amide bonds. The first kappa shape index (κ1) is 29.3. The van der Waals surface area contributed by atoms with Crippen molar-refractivity contribution in [2.75, 3.05) is 7.11 Å². The molecule has 0 aliphatic carbocycles. The third-order valence-corrected chi connectivity index (χ3v) is 8.99. The summed E-state index contributed by atoms with van der Waals surface area (Å²) >= 11 is 13.9. The largest absolute Gasteiger partial charge is 0.493 e. The smallest absolute Gasteiger partial charge is 0.355 e. The number of benzene rings is 4. The highest BCUT2D eigenvalue weighted by atomic mass is 35.5. The summed E-state index contributed by atoms with van der Waals surface area (Å²) in [6.45, 7) is 0.0000246. The first-order valence-electron chi connectivity index (χ1n) is 13.1. The molecule has 4 aromatic carbocycles. The summed E-state index contributed by atoms with van der Waals surface area (Å²) in [5, 5.41) is 11.2. The Morgan fingerprint density at radius 1 is 1.07 bits per heavy atom. The third-order valence-electron chi connectivity index (χ3n) is 7.05. The number of carbonyl (C=O) groups excluding carboxylic acids is 1. The normalized spacial score (nSPS) is 14.0. The molecule has 0 spiro atoms. The van der Waals surface area contributed by atoms with Gasteiger partial charge in [-0.25, -0.2) is 9.18 Å². The first-order chi connectivity index (χ1) is 21.3. The van der Waals surface area contributed by atoms with Gasteiger partial charge in [0.15, 0.2) is 11.5 Å². The Balaban J connectivity index is 1.29. The number of esters is 1. The number of thiophene rings is 1. The predicted octanol–water partition coefficient (Wildman–Crippen LogP) is 8.37. The minimum Gasteiger partial charge on any atom is -0.493 e. The van der Waals surface area contributed by atoms with E-state index in [1.54, 1.807) is 60.7 Å². The van der Waals surface area contributed by atoms with Gasteiger partial charge in [0.25, 0.3) is 0 Å². The van der Waals surface area contributed by atoms with Crippen molar-refractivity contribution in [2.24, 2.45) is 5.73 Å². The number of fused-ring (bicyclic) bond motifs is 2. The van der Waals surface area contributed by atoms with E-state index in [-0.39, 0.29) is 39.5 Å². The molecule has 1 aromatic heterocycles. The van der Waals surface area contributed by atoms with Crippen molar-refractivity contribution in [1.29, 1.82) is 5.26 Å². The number of allylic oxidation sites excluding steroid dienone is 1. The Bertz CT molecular complexity index is 2020. The SMILES string of the molecule is COc1cc(C2C(C#N)=C(N)Oc3cc(OC(=O)c4sc5cccc(Cl)c5c4Cl)ccc32)ccc1OCc1ccccc1F. The van der Waals surface area contributed by atoms with E-state index < -0.39 is 11.9 Å². The monoisotopic (exact) mass is 646 g/mol. The topological polar surface area (TPSA) is 104 Å². The molecule has 11 heteroatoms. The molecule has 1 aliphatic heterocycles. The zero-order chi connectivity index (χ0) is 31.0. The maximum Gasteiger partial charge on any atom is 0.355 e. The van der Waals surface area contributed by atoms with Crippen LogP contribution in [0.15, 0.2) is 90.3 Å². The van der Waals surface area contributed by atoms with Crippen molar-refractivity contribution in [3.8, 4) is 29.1 Å². The number of hydrogen-bond acceptors (Lipinski definition) is 8. The maximum atomic E-state index is 14.1. The molecule has 6 rings (SSSR count). The van der Waals surface area contributed by atoms with Crippen LogP contribution in [0.1, 0.15) is 32.3 Å². The molecule has 1 atom stereocenters. The van der Waals surface area contributed by atoms with E-state index in [9.17, 15) is 14.4 Å². The van der Waals surface area contributed by atoms with Crippen molar-refractivity contribution in [3.63, 3.8) is 0 Å². The van der Waals surface area contributed by atoms with Gasteiger partial charge in [-0.1, -0.05) is 59.6 Å². The second-order valence-corrected chi connectivity index (χ2v) is 11.5. The zero-order valence-corrected chi connectivity index (χ0v) is 25.2. The fourth-order valence-electron chi connectivity index (χ4n) is 4.95. The maximum absolute atomic E-state index is 14.1. The summed E-state index contributed by atoms with van der Waals surface area (Å²) in [6.07, 6.45) is 0. The van der Waals surface area contributed by atoms with Crippen LogP contribution in [0.5, 0.6) is 23.0 Å². The lowest BCUT2D eigenvalue weighted by Gasteiger charge is -2.27. The average Bonchev–Trinajstić information content (AvgIpc) is 3.37. The fourth-order valence-corrected chi connectivity index (χ4v) is 6.77. The van der Waals surface area contributed by atoms with Crippen LogP contribution < -0.4 is 24.7 Å². The van der Waals surface area contributed by atoms with E-state index in [0.717, 1.165) is 4.70 Å². The zero-order valence-electron chi connectivity index (χ0n) is 22.9. The molecule has 7 nitrogen and oxygen atoms in total. The number of carbonyl (C=O) groups is 1. The van der Waals surface area contributed by atoms with E-state index in [0.29, 0.717) is 44.3 Å². The number of rotatable bonds is 7. The van der Waals surface area contributed by atoms with Crippen molar-refractivity contribution >= 4 is 50.6 Å². The highest BCUT2D eigenvalue weighted by Gasteiger charge is 2.32. The summed E-state index contributed by atoms with van der Waals surface area (Å²) in [4.78, 5) is 13.3. The van der Waals surface area contributed by atoms with Crippen LogP contribution in [-0.4, -0.2) is 13.1 Å². The Morgan fingerprint density at radius 2 is 1.89 bits per heavy atom. The second-order valence-electron chi connectivity index (χ2n) is 9.66. The Labute approximate surface area is 265 Å². The van der Waals surface area contributed by atoms with Gasteiger partial charge in [-0.2, -0.15) is 5.26 Å². The van der Waals surface area contributed by atoms with Crippen LogP contribution in [0.4, 0.5) is 4.39 Å². The van der Waals surface area contributed by atoms with E-state index >= 15 is 0 Å². The minimum absolute atomic E-state index is 0.0000246. The van der Waals surface area contributed by atoms with Crippen LogP contribution >= 0.6 is 34.5 Å². The van der Waals surface area contributed by atoms with Crippen LogP contribution in [0.25, 0.3) is 10.1 Å². The Hall–Kier alpha value is -4.75. The number of nitriles is 1. The van der Waals surface area contributed by atoms with E-state index in [2.05, 4.69) is 6.07 Å². The highest BCUT2D eigenvalue weighted by molar-refractivity contribution is 7.21. The second kappa shape index (κ2) is 12.1. The lowest BCUT2D eigenvalue weighted by Crippen LogP contribution is -2.21. The fraction of sp³-hybridized carbons (Fsp3) is 0.0909. The van der Waals surface area contributed by atoms with Gasteiger partial charge in [0.1, 0.15) is 40.4 Å². The molecule has 220 valence electrons. The highest BCUT2D eigenvalue weighted by Crippen LogP contribution is 2.46. The molecule has 2 N–H and O–H groups in total. The van der Waals surface area contributed by atoms with Gasteiger partial charge in [0.05, 0.1) is 23.1 Å². The number of nitrogens with zero attached hydrogens (tertiary/aromatic N) is 1. The molecule has 0 bridgehead atoms. The van der Waals surface area contributed by atoms with Crippen LogP contribution in [0, 0.1) is 17.1 Å². The molecule has 1 unspecified atom stereocenters. The van der Waals surface area contributed by atoms with Gasteiger partial charge in [0.2, 0.25) is 5.88 Å². The summed E-state index contributed by atoms with van der Waals surface area (Å²) in [5.74, 6) is -0.467. The molecule has 1 aliphatic rings. The van der Waals surface area contributed by atoms with Gasteiger partial charge in [-0.15, -0.1) is 11.3 Å². The average molecular weight is 648 g/mol. The predicted molar refractivity (Wildman–Crippen MR) is 166 cm³/mol. The number of ether oxygens (including phenoxy) is 4. The number of hydrogen-bond donors (Lipinski definition) is 1. The van der Waals surface area contributed by atoms with Gasteiger partial charge in [-0.3, -0.25) is 0 Å².